The highest BCUT2D eigenvalue weighted by Gasteiger charge is 2.10. The molecule has 0 aromatic heterocycles. The zero-order valence-electron chi connectivity index (χ0n) is 5.10. The minimum atomic E-state index is 0. The molecule has 0 N–H and O–H groups in total. The molecule has 1 aliphatic rings. The largest absolute Gasteiger partial charge is 0.303 e. The standard InChI is InChI=1S/C7H12O.CH4/c8-6-7-4-2-1-3-5-7;/h6-7H,1-5H2;1H4. The lowest BCUT2D eigenvalue weighted by Crippen LogP contribution is -2.06. The van der Waals surface area contributed by atoms with Crippen LogP contribution in [0.5, 0.6) is 0 Å². The number of hydrogen-bond donors (Lipinski definition) is 0. The summed E-state index contributed by atoms with van der Waals surface area (Å²) in [5.41, 5.74) is 0. The van der Waals surface area contributed by atoms with E-state index >= 15 is 0 Å². The Morgan fingerprint density at radius 1 is 1.11 bits per heavy atom. The van der Waals surface area contributed by atoms with Gasteiger partial charge in [-0.05, 0) is 12.8 Å². The van der Waals surface area contributed by atoms with Gasteiger partial charge in [0.05, 0.1) is 0 Å². The molecule has 0 atom stereocenters. The first kappa shape index (κ1) is 8.67. The maximum absolute atomic E-state index is 10.2. The molecule has 0 radical (unpaired) electrons. The van der Waals surface area contributed by atoms with Crippen LogP contribution in [-0.2, 0) is 4.79 Å². The Hall–Kier alpha value is -0.330. The Morgan fingerprint density at radius 2 is 1.67 bits per heavy atom. The lowest BCUT2D eigenvalue weighted by molar-refractivity contribution is -0.111. The fourth-order valence-corrected chi connectivity index (χ4v) is 1.27. The molecule has 0 saturated heterocycles. The molecule has 0 spiro atoms. The summed E-state index contributed by atoms with van der Waals surface area (Å²) >= 11 is 0. The van der Waals surface area contributed by atoms with Crippen LogP contribution < -0.4 is 0 Å². The molecule has 1 rings (SSSR count). The number of carbonyl (C=O) groups is 1. The normalized spacial score (nSPS) is 20.4. The third-order valence-electron chi connectivity index (χ3n) is 1.84. The molecule has 1 saturated carbocycles. The van der Waals surface area contributed by atoms with E-state index < -0.39 is 0 Å². The minimum Gasteiger partial charge on any atom is -0.303 e. The molecule has 1 aliphatic carbocycles. The van der Waals surface area contributed by atoms with Gasteiger partial charge in [0.15, 0.2) is 0 Å². The molecular weight excluding hydrogens is 112 g/mol. The van der Waals surface area contributed by atoms with Gasteiger partial charge in [0.2, 0.25) is 0 Å². The second kappa shape index (κ2) is 4.54. The summed E-state index contributed by atoms with van der Waals surface area (Å²) in [4.78, 5) is 10.2. The van der Waals surface area contributed by atoms with Gasteiger partial charge in [-0.1, -0.05) is 26.7 Å². The van der Waals surface area contributed by atoms with Gasteiger partial charge in [-0.2, -0.15) is 0 Å². The SMILES string of the molecule is C.O=CC1CCCCC1. The van der Waals surface area contributed by atoms with Crippen molar-refractivity contribution < 1.29 is 4.79 Å². The first-order valence-electron chi connectivity index (χ1n) is 3.39. The molecular formula is C8H16O. The Balaban J connectivity index is 0.000000640. The van der Waals surface area contributed by atoms with Gasteiger partial charge in [0.1, 0.15) is 6.29 Å². The zero-order chi connectivity index (χ0) is 5.82. The molecule has 1 heteroatoms. The summed E-state index contributed by atoms with van der Waals surface area (Å²) in [7, 11) is 0. The highest BCUT2D eigenvalue weighted by Crippen LogP contribution is 2.21. The van der Waals surface area contributed by atoms with Crippen LogP contribution in [0.1, 0.15) is 39.5 Å². The van der Waals surface area contributed by atoms with E-state index in [0.717, 1.165) is 19.1 Å². The Morgan fingerprint density at radius 3 is 2.00 bits per heavy atom. The van der Waals surface area contributed by atoms with Gasteiger partial charge in [-0.15, -0.1) is 0 Å². The van der Waals surface area contributed by atoms with Crippen molar-refractivity contribution in [3.05, 3.63) is 0 Å². The highest BCUT2D eigenvalue weighted by atomic mass is 16.1. The third kappa shape index (κ3) is 2.64. The summed E-state index contributed by atoms with van der Waals surface area (Å²) in [5.74, 6) is 0.406. The van der Waals surface area contributed by atoms with Crippen molar-refractivity contribution in [1.82, 2.24) is 0 Å². The fourth-order valence-electron chi connectivity index (χ4n) is 1.27. The molecule has 0 aromatic carbocycles. The van der Waals surface area contributed by atoms with Crippen molar-refractivity contribution in [3.8, 4) is 0 Å². The maximum Gasteiger partial charge on any atom is 0.123 e. The lowest BCUT2D eigenvalue weighted by atomic mass is 9.91. The molecule has 0 unspecified atom stereocenters. The second-order valence-electron chi connectivity index (χ2n) is 2.53. The van der Waals surface area contributed by atoms with Crippen molar-refractivity contribution in [3.63, 3.8) is 0 Å². The van der Waals surface area contributed by atoms with E-state index in [4.69, 9.17) is 0 Å². The molecule has 1 fully saturated rings. The first-order valence-corrected chi connectivity index (χ1v) is 3.39. The van der Waals surface area contributed by atoms with Crippen LogP contribution in [0.3, 0.4) is 0 Å². The van der Waals surface area contributed by atoms with Gasteiger partial charge >= 0.3 is 0 Å². The second-order valence-corrected chi connectivity index (χ2v) is 2.53. The van der Waals surface area contributed by atoms with E-state index in [-0.39, 0.29) is 7.43 Å². The van der Waals surface area contributed by atoms with Crippen LogP contribution in [0, 0.1) is 5.92 Å². The fraction of sp³-hybridized carbons (Fsp3) is 0.875. The van der Waals surface area contributed by atoms with Crippen LogP contribution in [0.2, 0.25) is 0 Å². The van der Waals surface area contributed by atoms with Crippen molar-refractivity contribution in [2.45, 2.75) is 39.5 Å². The summed E-state index contributed by atoms with van der Waals surface area (Å²) < 4.78 is 0. The molecule has 0 heterocycles. The van der Waals surface area contributed by atoms with Gasteiger partial charge in [-0.3, -0.25) is 0 Å². The van der Waals surface area contributed by atoms with E-state index in [1.165, 1.54) is 19.3 Å². The Kier molecular flexibility index (Phi) is 4.37. The molecule has 0 aromatic rings. The highest BCUT2D eigenvalue weighted by molar-refractivity contribution is 5.53. The van der Waals surface area contributed by atoms with Gasteiger partial charge in [-0.25, -0.2) is 0 Å². The molecule has 54 valence electrons. The first-order chi connectivity index (χ1) is 3.93. The third-order valence-corrected chi connectivity index (χ3v) is 1.84. The predicted molar refractivity (Wildman–Crippen MR) is 39.4 cm³/mol. The lowest BCUT2D eigenvalue weighted by Gasteiger charge is -2.14. The molecule has 9 heavy (non-hydrogen) atoms. The van der Waals surface area contributed by atoms with Crippen LogP contribution in [0.15, 0.2) is 0 Å². The van der Waals surface area contributed by atoms with Crippen molar-refractivity contribution in [2.75, 3.05) is 0 Å². The summed E-state index contributed by atoms with van der Waals surface area (Å²) in [6.45, 7) is 0. The average molecular weight is 128 g/mol. The average Bonchev–Trinajstić information content (AvgIpc) is 1.90. The van der Waals surface area contributed by atoms with Crippen LogP contribution >= 0.6 is 0 Å². The van der Waals surface area contributed by atoms with E-state index in [2.05, 4.69) is 0 Å². The number of rotatable bonds is 1. The smallest absolute Gasteiger partial charge is 0.123 e. The number of hydrogen-bond acceptors (Lipinski definition) is 1. The summed E-state index contributed by atoms with van der Waals surface area (Å²) in [6, 6.07) is 0. The van der Waals surface area contributed by atoms with Crippen molar-refractivity contribution in [2.24, 2.45) is 5.92 Å². The van der Waals surface area contributed by atoms with Gasteiger partial charge in [0, 0.05) is 5.92 Å². The monoisotopic (exact) mass is 128 g/mol. The van der Waals surface area contributed by atoms with Crippen LogP contribution in [0.4, 0.5) is 0 Å². The molecule has 1 nitrogen and oxygen atoms in total. The minimum absolute atomic E-state index is 0. The quantitative estimate of drug-likeness (QED) is 0.495. The van der Waals surface area contributed by atoms with E-state index in [1.807, 2.05) is 0 Å². The van der Waals surface area contributed by atoms with E-state index in [1.54, 1.807) is 0 Å². The molecule has 0 amide bonds. The summed E-state index contributed by atoms with van der Waals surface area (Å²) in [6.07, 6.45) is 7.27. The van der Waals surface area contributed by atoms with E-state index in [9.17, 15) is 4.79 Å². The number of aldehydes is 1. The van der Waals surface area contributed by atoms with Crippen molar-refractivity contribution >= 4 is 6.29 Å². The van der Waals surface area contributed by atoms with Gasteiger partial charge < -0.3 is 4.79 Å². The topological polar surface area (TPSA) is 17.1 Å². The van der Waals surface area contributed by atoms with E-state index in [0.29, 0.717) is 5.92 Å². The maximum atomic E-state index is 10.2. The van der Waals surface area contributed by atoms with Crippen LogP contribution in [-0.4, -0.2) is 6.29 Å². The van der Waals surface area contributed by atoms with Crippen LogP contribution in [0.25, 0.3) is 0 Å². The number of carbonyl (C=O) groups excluding carboxylic acids is 1. The van der Waals surface area contributed by atoms with Gasteiger partial charge in [0.25, 0.3) is 0 Å². The summed E-state index contributed by atoms with van der Waals surface area (Å²) in [5, 5.41) is 0. The Bertz CT molecular complexity index is 72.6. The zero-order valence-corrected chi connectivity index (χ0v) is 5.10. The van der Waals surface area contributed by atoms with Crippen molar-refractivity contribution in [1.29, 1.82) is 0 Å². The molecule has 0 aliphatic heterocycles. The Labute approximate surface area is 57.5 Å². The predicted octanol–water partition coefficient (Wildman–Crippen LogP) is 2.40. The molecule has 0 bridgehead atoms.